The zero-order valence-electron chi connectivity index (χ0n) is 8.93. The van der Waals surface area contributed by atoms with Gasteiger partial charge < -0.3 is 5.32 Å². The van der Waals surface area contributed by atoms with Crippen molar-refractivity contribution in [1.29, 1.82) is 0 Å². The van der Waals surface area contributed by atoms with Crippen molar-refractivity contribution in [3.8, 4) is 0 Å². The highest BCUT2D eigenvalue weighted by molar-refractivity contribution is 7.99. The number of amides is 1. The van der Waals surface area contributed by atoms with Gasteiger partial charge in [-0.2, -0.15) is 11.8 Å². The summed E-state index contributed by atoms with van der Waals surface area (Å²) in [5.41, 5.74) is 0. The van der Waals surface area contributed by atoms with Crippen LogP contribution >= 0.6 is 11.8 Å². The van der Waals surface area contributed by atoms with Gasteiger partial charge in [-0.3, -0.25) is 4.79 Å². The first-order valence-corrected chi connectivity index (χ1v) is 6.13. The lowest BCUT2D eigenvalue weighted by molar-refractivity contribution is -0.121. The summed E-state index contributed by atoms with van der Waals surface area (Å²) in [4.78, 5) is 11.1. The maximum atomic E-state index is 11.1. The summed E-state index contributed by atoms with van der Waals surface area (Å²) in [7, 11) is 0. The van der Waals surface area contributed by atoms with Crippen molar-refractivity contribution in [3.05, 3.63) is 0 Å². The molecule has 0 aromatic rings. The third kappa shape index (κ3) is 8.16. The number of hydrogen-bond acceptors (Lipinski definition) is 2. The van der Waals surface area contributed by atoms with Crippen molar-refractivity contribution in [2.24, 2.45) is 0 Å². The van der Waals surface area contributed by atoms with Crippen LogP contribution in [-0.4, -0.2) is 23.5 Å². The second kappa shape index (κ2) is 8.42. The first kappa shape index (κ1) is 12.8. The van der Waals surface area contributed by atoms with Crippen LogP contribution in [0.4, 0.5) is 0 Å². The van der Waals surface area contributed by atoms with Gasteiger partial charge in [0.15, 0.2) is 0 Å². The van der Waals surface area contributed by atoms with Crippen LogP contribution in [0.5, 0.6) is 0 Å². The minimum absolute atomic E-state index is 0.191. The van der Waals surface area contributed by atoms with Crippen LogP contribution in [-0.2, 0) is 4.79 Å². The van der Waals surface area contributed by atoms with Crippen LogP contribution < -0.4 is 5.32 Å². The SMILES string of the molecule is CCCC(=O)NCCC(C)SCC. The maximum absolute atomic E-state index is 11.1. The van der Waals surface area contributed by atoms with Gasteiger partial charge in [-0.05, 0) is 18.6 Å². The Morgan fingerprint density at radius 3 is 2.69 bits per heavy atom. The highest BCUT2D eigenvalue weighted by atomic mass is 32.2. The number of thioether (sulfide) groups is 1. The molecule has 0 heterocycles. The van der Waals surface area contributed by atoms with E-state index in [2.05, 4.69) is 19.2 Å². The Morgan fingerprint density at radius 2 is 2.15 bits per heavy atom. The molecule has 1 atom stereocenters. The normalized spacial score (nSPS) is 12.5. The zero-order chi connectivity index (χ0) is 10.1. The standard InChI is InChI=1S/C10H21NOS/c1-4-6-10(12)11-8-7-9(3)13-5-2/h9H,4-8H2,1-3H3,(H,11,12). The largest absolute Gasteiger partial charge is 0.356 e. The molecular weight excluding hydrogens is 182 g/mol. The Hall–Kier alpha value is -0.180. The molecule has 3 heteroatoms. The molecule has 0 aromatic heterocycles. The fraction of sp³-hybridized carbons (Fsp3) is 0.900. The fourth-order valence-corrected chi connectivity index (χ4v) is 1.95. The number of carbonyl (C=O) groups is 1. The van der Waals surface area contributed by atoms with Gasteiger partial charge >= 0.3 is 0 Å². The van der Waals surface area contributed by atoms with E-state index in [0.29, 0.717) is 11.7 Å². The molecule has 1 amide bonds. The summed E-state index contributed by atoms with van der Waals surface area (Å²) in [5, 5.41) is 3.58. The van der Waals surface area contributed by atoms with Gasteiger partial charge in [0.05, 0.1) is 0 Å². The number of rotatable bonds is 7. The van der Waals surface area contributed by atoms with Gasteiger partial charge in [0.2, 0.25) is 5.91 Å². The molecule has 0 radical (unpaired) electrons. The molecule has 0 spiro atoms. The van der Waals surface area contributed by atoms with Gasteiger partial charge in [0.1, 0.15) is 0 Å². The minimum Gasteiger partial charge on any atom is -0.356 e. The Kier molecular flexibility index (Phi) is 8.30. The Labute approximate surface area is 85.9 Å². The van der Waals surface area contributed by atoms with Crippen LogP contribution in [0, 0.1) is 0 Å². The molecule has 0 aliphatic carbocycles. The predicted molar refractivity (Wildman–Crippen MR) is 60.1 cm³/mol. The fourth-order valence-electron chi connectivity index (χ4n) is 1.10. The molecule has 0 rings (SSSR count). The number of nitrogens with one attached hydrogen (secondary N) is 1. The molecule has 0 aliphatic heterocycles. The first-order valence-electron chi connectivity index (χ1n) is 5.09. The van der Waals surface area contributed by atoms with Gasteiger partial charge in [-0.1, -0.05) is 20.8 Å². The molecule has 1 unspecified atom stereocenters. The predicted octanol–water partition coefficient (Wildman–Crippen LogP) is 2.43. The van der Waals surface area contributed by atoms with E-state index in [1.807, 2.05) is 18.7 Å². The van der Waals surface area contributed by atoms with E-state index in [9.17, 15) is 4.79 Å². The third-order valence-corrected chi connectivity index (χ3v) is 2.94. The number of hydrogen-bond donors (Lipinski definition) is 1. The van der Waals surface area contributed by atoms with E-state index in [1.54, 1.807) is 0 Å². The van der Waals surface area contributed by atoms with Crippen molar-refractivity contribution in [2.75, 3.05) is 12.3 Å². The monoisotopic (exact) mass is 203 g/mol. The molecule has 1 N–H and O–H groups in total. The second-order valence-corrected chi connectivity index (χ2v) is 4.87. The van der Waals surface area contributed by atoms with Crippen LogP contribution in [0.3, 0.4) is 0 Å². The van der Waals surface area contributed by atoms with Gasteiger partial charge in [-0.25, -0.2) is 0 Å². The molecule has 0 saturated carbocycles. The lowest BCUT2D eigenvalue weighted by atomic mass is 10.3. The Bertz CT molecular complexity index is 139. The molecule has 0 bridgehead atoms. The molecule has 0 fully saturated rings. The van der Waals surface area contributed by atoms with Gasteiger partial charge in [-0.15, -0.1) is 0 Å². The van der Waals surface area contributed by atoms with E-state index in [0.717, 1.165) is 25.1 Å². The molecule has 78 valence electrons. The smallest absolute Gasteiger partial charge is 0.219 e. The Morgan fingerprint density at radius 1 is 1.46 bits per heavy atom. The Balaban J connectivity index is 3.28. The quantitative estimate of drug-likeness (QED) is 0.688. The minimum atomic E-state index is 0.191. The van der Waals surface area contributed by atoms with E-state index < -0.39 is 0 Å². The average Bonchev–Trinajstić information content (AvgIpc) is 2.05. The number of carbonyl (C=O) groups excluding carboxylic acids is 1. The maximum Gasteiger partial charge on any atom is 0.219 e. The highest BCUT2D eigenvalue weighted by Gasteiger charge is 2.02. The summed E-state index contributed by atoms with van der Waals surface area (Å²) in [6, 6.07) is 0. The van der Waals surface area contributed by atoms with Crippen molar-refractivity contribution >= 4 is 17.7 Å². The van der Waals surface area contributed by atoms with E-state index >= 15 is 0 Å². The summed E-state index contributed by atoms with van der Waals surface area (Å²) < 4.78 is 0. The van der Waals surface area contributed by atoms with Crippen molar-refractivity contribution < 1.29 is 4.79 Å². The molecule has 0 saturated heterocycles. The highest BCUT2D eigenvalue weighted by Crippen LogP contribution is 2.11. The van der Waals surface area contributed by atoms with E-state index in [4.69, 9.17) is 0 Å². The average molecular weight is 203 g/mol. The topological polar surface area (TPSA) is 29.1 Å². The zero-order valence-corrected chi connectivity index (χ0v) is 9.75. The van der Waals surface area contributed by atoms with Crippen LogP contribution in [0.25, 0.3) is 0 Å². The summed E-state index contributed by atoms with van der Waals surface area (Å²) in [6.07, 6.45) is 2.67. The lowest BCUT2D eigenvalue weighted by Crippen LogP contribution is -2.25. The van der Waals surface area contributed by atoms with Crippen LogP contribution in [0.2, 0.25) is 0 Å². The molecular formula is C10H21NOS. The van der Waals surface area contributed by atoms with Crippen molar-refractivity contribution in [2.45, 2.75) is 45.3 Å². The van der Waals surface area contributed by atoms with Gasteiger partial charge in [0.25, 0.3) is 0 Å². The molecule has 0 aromatic carbocycles. The molecule has 13 heavy (non-hydrogen) atoms. The van der Waals surface area contributed by atoms with Gasteiger partial charge in [0, 0.05) is 18.2 Å². The van der Waals surface area contributed by atoms with Crippen LogP contribution in [0.15, 0.2) is 0 Å². The second-order valence-electron chi connectivity index (χ2n) is 3.15. The molecule has 0 aliphatic rings. The third-order valence-electron chi connectivity index (χ3n) is 1.80. The molecule has 2 nitrogen and oxygen atoms in total. The van der Waals surface area contributed by atoms with Crippen molar-refractivity contribution in [1.82, 2.24) is 5.32 Å². The first-order chi connectivity index (χ1) is 6.20. The van der Waals surface area contributed by atoms with Crippen LogP contribution in [0.1, 0.15) is 40.0 Å². The summed E-state index contributed by atoms with van der Waals surface area (Å²) >= 11 is 1.94. The van der Waals surface area contributed by atoms with E-state index in [1.165, 1.54) is 0 Å². The van der Waals surface area contributed by atoms with Crippen molar-refractivity contribution in [3.63, 3.8) is 0 Å². The van der Waals surface area contributed by atoms with E-state index in [-0.39, 0.29) is 5.91 Å². The summed E-state index contributed by atoms with van der Waals surface area (Å²) in [6.45, 7) is 7.22. The summed E-state index contributed by atoms with van der Waals surface area (Å²) in [5.74, 6) is 1.35. The lowest BCUT2D eigenvalue weighted by Gasteiger charge is -2.09.